The van der Waals surface area contributed by atoms with Gasteiger partial charge in [0.2, 0.25) is 0 Å². The first-order valence-corrected chi connectivity index (χ1v) is 13.1. The average Bonchev–Trinajstić information content (AvgIpc) is 2.91. The standard InChI is InChI=1S/C30H34N4O5/c1-6-38-18-10-17-34-25-22(28(36)33-16-9-8-11-24(33)31-25)19-23(29(37)39-7-2)26(34)32-27(35)20-12-14-21(15-13-20)30(3,4)5/h8-9,11-16,19H,6-7,10,17-18H2,1-5H3. The molecule has 0 spiro atoms. The number of carbonyl (C=O) groups is 2. The number of amides is 1. The van der Waals surface area contributed by atoms with Gasteiger partial charge in [-0.1, -0.05) is 39.0 Å². The Morgan fingerprint density at radius 1 is 1.03 bits per heavy atom. The second kappa shape index (κ2) is 11.7. The summed E-state index contributed by atoms with van der Waals surface area (Å²) in [7, 11) is 0. The summed E-state index contributed by atoms with van der Waals surface area (Å²) < 4.78 is 13.9. The van der Waals surface area contributed by atoms with E-state index in [9.17, 15) is 14.4 Å². The number of carbonyl (C=O) groups excluding carboxylic acids is 2. The molecule has 39 heavy (non-hydrogen) atoms. The summed E-state index contributed by atoms with van der Waals surface area (Å²) in [4.78, 5) is 49.1. The molecule has 9 nitrogen and oxygen atoms in total. The summed E-state index contributed by atoms with van der Waals surface area (Å²) >= 11 is 0. The van der Waals surface area contributed by atoms with Gasteiger partial charge in [0.05, 0.1) is 12.0 Å². The molecule has 0 bridgehead atoms. The SMILES string of the molecule is CCOCCCn1c(=NC(=O)c2ccc(C(C)(C)C)cc2)c(C(=O)OCC)cc2c(=O)n3ccccc3nc21. The first kappa shape index (κ1) is 27.9. The molecule has 3 heterocycles. The van der Waals surface area contributed by atoms with E-state index >= 15 is 0 Å². The fourth-order valence-electron chi connectivity index (χ4n) is 4.31. The van der Waals surface area contributed by atoms with Crippen molar-refractivity contribution in [2.75, 3.05) is 19.8 Å². The molecule has 0 aliphatic heterocycles. The van der Waals surface area contributed by atoms with E-state index in [2.05, 4.69) is 25.8 Å². The number of pyridine rings is 2. The van der Waals surface area contributed by atoms with E-state index in [1.807, 2.05) is 19.1 Å². The Bertz CT molecular complexity index is 1640. The molecule has 1 amide bonds. The Morgan fingerprint density at radius 2 is 1.77 bits per heavy atom. The topological polar surface area (TPSA) is 104 Å². The third-order valence-corrected chi connectivity index (χ3v) is 6.37. The second-order valence-electron chi connectivity index (χ2n) is 10.1. The van der Waals surface area contributed by atoms with E-state index < -0.39 is 11.9 Å². The number of benzene rings is 1. The minimum Gasteiger partial charge on any atom is -0.462 e. The van der Waals surface area contributed by atoms with E-state index in [0.717, 1.165) is 5.56 Å². The maximum absolute atomic E-state index is 13.5. The van der Waals surface area contributed by atoms with Crippen molar-refractivity contribution in [1.29, 1.82) is 0 Å². The Morgan fingerprint density at radius 3 is 2.44 bits per heavy atom. The van der Waals surface area contributed by atoms with Crippen LogP contribution in [0, 0.1) is 0 Å². The fraction of sp³-hybridized carbons (Fsp3) is 0.367. The lowest BCUT2D eigenvalue weighted by atomic mass is 9.87. The van der Waals surface area contributed by atoms with Gasteiger partial charge in [0, 0.05) is 31.5 Å². The van der Waals surface area contributed by atoms with Gasteiger partial charge in [-0.25, -0.2) is 9.78 Å². The van der Waals surface area contributed by atoms with Crippen LogP contribution in [-0.2, 0) is 21.4 Å². The molecule has 0 fully saturated rings. The molecule has 0 radical (unpaired) electrons. The van der Waals surface area contributed by atoms with Crippen LogP contribution in [-0.4, -0.2) is 45.6 Å². The summed E-state index contributed by atoms with van der Waals surface area (Å²) in [5.74, 6) is -1.19. The molecule has 0 saturated carbocycles. The predicted molar refractivity (Wildman–Crippen MR) is 149 cm³/mol. The van der Waals surface area contributed by atoms with E-state index in [1.54, 1.807) is 48.0 Å². The molecule has 4 aromatic rings. The maximum atomic E-state index is 13.5. The molecule has 0 aliphatic rings. The van der Waals surface area contributed by atoms with Gasteiger partial charge < -0.3 is 14.0 Å². The van der Waals surface area contributed by atoms with Gasteiger partial charge in [0.15, 0.2) is 5.49 Å². The Hall–Kier alpha value is -4.11. The van der Waals surface area contributed by atoms with Crippen LogP contribution in [0.15, 0.2) is 64.5 Å². The smallest absolute Gasteiger partial charge is 0.341 e. The van der Waals surface area contributed by atoms with Crippen molar-refractivity contribution < 1.29 is 19.1 Å². The van der Waals surface area contributed by atoms with E-state index in [4.69, 9.17) is 14.5 Å². The molecule has 0 N–H and O–H groups in total. The largest absolute Gasteiger partial charge is 0.462 e. The quantitative estimate of drug-likeness (QED) is 0.191. The highest BCUT2D eigenvalue weighted by molar-refractivity contribution is 5.97. The number of nitrogens with zero attached hydrogens (tertiary/aromatic N) is 4. The van der Waals surface area contributed by atoms with Crippen molar-refractivity contribution in [3.8, 4) is 0 Å². The van der Waals surface area contributed by atoms with E-state index in [1.165, 1.54) is 10.5 Å². The summed E-state index contributed by atoms with van der Waals surface area (Å²) in [6.07, 6.45) is 2.17. The van der Waals surface area contributed by atoms with Crippen molar-refractivity contribution in [3.63, 3.8) is 0 Å². The summed E-state index contributed by atoms with van der Waals surface area (Å²) in [5.41, 5.74) is 1.93. The first-order chi connectivity index (χ1) is 18.7. The summed E-state index contributed by atoms with van der Waals surface area (Å²) in [6.45, 7) is 11.3. The van der Waals surface area contributed by atoms with Crippen LogP contribution in [0.2, 0.25) is 0 Å². The second-order valence-corrected chi connectivity index (χ2v) is 10.1. The van der Waals surface area contributed by atoms with Crippen molar-refractivity contribution in [2.24, 2.45) is 4.99 Å². The lowest BCUT2D eigenvalue weighted by Crippen LogP contribution is -2.33. The molecule has 3 aromatic heterocycles. The van der Waals surface area contributed by atoms with Gasteiger partial charge in [0.25, 0.3) is 11.5 Å². The van der Waals surface area contributed by atoms with Crippen LogP contribution in [0.25, 0.3) is 16.7 Å². The average molecular weight is 531 g/mol. The molecule has 4 rings (SSSR count). The molecular weight excluding hydrogens is 496 g/mol. The minimum atomic E-state index is -0.676. The lowest BCUT2D eigenvalue weighted by Gasteiger charge is -2.18. The van der Waals surface area contributed by atoms with Crippen LogP contribution in [0.5, 0.6) is 0 Å². The highest BCUT2D eigenvalue weighted by Crippen LogP contribution is 2.22. The van der Waals surface area contributed by atoms with Gasteiger partial charge in [-0.2, -0.15) is 4.99 Å². The molecule has 0 atom stereocenters. The zero-order valence-electron chi connectivity index (χ0n) is 23.1. The highest BCUT2D eigenvalue weighted by atomic mass is 16.5. The minimum absolute atomic E-state index is 0.0233. The predicted octanol–water partition coefficient (Wildman–Crippen LogP) is 4.29. The summed E-state index contributed by atoms with van der Waals surface area (Å²) in [5, 5.41) is 0.221. The van der Waals surface area contributed by atoms with Gasteiger partial charge >= 0.3 is 5.97 Å². The number of fused-ring (bicyclic) bond motifs is 2. The maximum Gasteiger partial charge on any atom is 0.341 e. The van der Waals surface area contributed by atoms with Crippen LogP contribution < -0.4 is 11.0 Å². The lowest BCUT2D eigenvalue weighted by molar-refractivity contribution is 0.0523. The molecule has 9 heteroatoms. The molecule has 204 valence electrons. The monoisotopic (exact) mass is 530 g/mol. The third-order valence-electron chi connectivity index (χ3n) is 6.37. The summed E-state index contributed by atoms with van der Waals surface area (Å²) in [6, 6.07) is 13.9. The number of hydrogen-bond donors (Lipinski definition) is 0. The molecule has 1 aromatic carbocycles. The molecule has 0 aliphatic carbocycles. The molecule has 0 unspecified atom stereocenters. The van der Waals surface area contributed by atoms with Crippen LogP contribution in [0.4, 0.5) is 0 Å². The normalized spacial score (nSPS) is 12.3. The van der Waals surface area contributed by atoms with Crippen molar-refractivity contribution in [2.45, 2.75) is 53.0 Å². The number of ether oxygens (including phenoxy) is 2. The first-order valence-electron chi connectivity index (χ1n) is 13.1. The van der Waals surface area contributed by atoms with Crippen molar-refractivity contribution >= 4 is 28.6 Å². The van der Waals surface area contributed by atoms with Crippen molar-refractivity contribution in [1.82, 2.24) is 14.0 Å². The van der Waals surface area contributed by atoms with Crippen molar-refractivity contribution in [3.05, 3.63) is 87.3 Å². The fourth-order valence-corrected chi connectivity index (χ4v) is 4.31. The Labute approximate surface area is 226 Å². The number of aryl methyl sites for hydroxylation is 1. The van der Waals surface area contributed by atoms with Crippen LogP contribution >= 0.6 is 0 Å². The third kappa shape index (κ3) is 5.98. The van der Waals surface area contributed by atoms with E-state index in [-0.39, 0.29) is 34.0 Å². The van der Waals surface area contributed by atoms with Gasteiger partial charge in [-0.05, 0) is 61.6 Å². The number of esters is 1. The van der Waals surface area contributed by atoms with Crippen LogP contribution in [0.1, 0.15) is 67.3 Å². The molecule has 0 saturated heterocycles. The highest BCUT2D eigenvalue weighted by Gasteiger charge is 2.21. The van der Waals surface area contributed by atoms with Crippen LogP contribution in [0.3, 0.4) is 0 Å². The number of hydrogen-bond acceptors (Lipinski definition) is 6. The van der Waals surface area contributed by atoms with Gasteiger partial charge in [0.1, 0.15) is 16.9 Å². The Balaban J connectivity index is 2.00. The zero-order valence-corrected chi connectivity index (χ0v) is 23.1. The Kier molecular flexibility index (Phi) is 8.40. The van der Waals surface area contributed by atoms with E-state index in [0.29, 0.717) is 43.0 Å². The van der Waals surface area contributed by atoms with Gasteiger partial charge in [-0.15, -0.1) is 0 Å². The van der Waals surface area contributed by atoms with Gasteiger partial charge in [-0.3, -0.25) is 14.0 Å². The molecular formula is C30H34N4O5. The zero-order chi connectivity index (χ0) is 28.2. The number of aromatic nitrogens is 3. The number of rotatable bonds is 8.